The Kier molecular flexibility index (Phi) is 4.21. The maximum Gasteiger partial charge on any atom is 0.326 e. The Morgan fingerprint density at radius 1 is 1.35 bits per heavy atom. The number of hydrogen-bond acceptors (Lipinski definition) is 4. The van der Waals surface area contributed by atoms with Crippen molar-refractivity contribution in [3.8, 4) is 0 Å². The van der Waals surface area contributed by atoms with Crippen molar-refractivity contribution in [1.82, 2.24) is 15.5 Å². The third kappa shape index (κ3) is 3.06. The quantitative estimate of drug-likeness (QED) is 0.578. The highest BCUT2D eigenvalue weighted by atomic mass is 16.4. The predicted molar refractivity (Wildman–Crippen MR) is 66.5 cm³/mol. The lowest BCUT2D eigenvalue weighted by atomic mass is 10.2. The summed E-state index contributed by atoms with van der Waals surface area (Å²) in [6, 6.07) is -1.39. The SMILES string of the molecule is O=C1CC[C@@H](C(=O)NCC(=O)N2CCC[C@H]2C(=O)O)N1. The van der Waals surface area contributed by atoms with Gasteiger partial charge in [0.05, 0.1) is 6.54 Å². The van der Waals surface area contributed by atoms with Crippen molar-refractivity contribution in [2.75, 3.05) is 13.1 Å². The van der Waals surface area contributed by atoms with Gasteiger partial charge in [-0.2, -0.15) is 0 Å². The number of aliphatic carboxylic acids is 1. The Bertz CT molecular complexity index is 450. The van der Waals surface area contributed by atoms with Crippen LogP contribution in [-0.2, 0) is 19.2 Å². The van der Waals surface area contributed by atoms with Crippen LogP contribution in [0, 0.1) is 0 Å². The number of nitrogens with one attached hydrogen (secondary N) is 2. The maximum atomic E-state index is 11.9. The van der Waals surface area contributed by atoms with E-state index in [-0.39, 0.29) is 12.5 Å². The third-order valence-electron chi connectivity index (χ3n) is 3.58. The Morgan fingerprint density at radius 3 is 2.70 bits per heavy atom. The van der Waals surface area contributed by atoms with E-state index in [1.54, 1.807) is 0 Å². The monoisotopic (exact) mass is 283 g/mol. The number of likely N-dealkylation sites (tertiary alicyclic amines) is 1. The molecule has 0 spiro atoms. The molecular weight excluding hydrogens is 266 g/mol. The number of nitrogens with zero attached hydrogens (tertiary/aromatic N) is 1. The second-order valence-corrected chi connectivity index (χ2v) is 4.96. The summed E-state index contributed by atoms with van der Waals surface area (Å²) in [4.78, 5) is 46.9. The summed E-state index contributed by atoms with van der Waals surface area (Å²) in [5.41, 5.74) is 0. The molecule has 0 aromatic rings. The van der Waals surface area contributed by atoms with Crippen molar-refractivity contribution in [3.05, 3.63) is 0 Å². The van der Waals surface area contributed by atoms with Crippen LogP contribution in [0.15, 0.2) is 0 Å². The van der Waals surface area contributed by atoms with Crippen LogP contribution in [0.25, 0.3) is 0 Å². The van der Waals surface area contributed by atoms with Gasteiger partial charge in [0.2, 0.25) is 17.7 Å². The Hall–Kier alpha value is -2.12. The van der Waals surface area contributed by atoms with Crippen molar-refractivity contribution in [2.45, 2.75) is 37.8 Å². The Morgan fingerprint density at radius 2 is 2.10 bits per heavy atom. The van der Waals surface area contributed by atoms with Crippen molar-refractivity contribution < 1.29 is 24.3 Å². The standard InChI is InChI=1S/C12H17N3O5/c16-9-4-3-7(14-9)11(18)13-6-10(17)15-5-1-2-8(15)12(19)20/h7-8H,1-6H2,(H,13,18)(H,14,16)(H,19,20)/t7-,8-/m0/s1. The zero-order chi connectivity index (χ0) is 14.7. The number of hydrogen-bond donors (Lipinski definition) is 3. The molecule has 0 unspecified atom stereocenters. The van der Waals surface area contributed by atoms with Gasteiger partial charge in [-0.1, -0.05) is 0 Å². The first kappa shape index (κ1) is 14.3. The molecule has 8 heteroatoms. The van der Waals surface area contributed by atoms with Crippen molar-refractivity contribution in [1.29, 1.82) is 0 Å². The highest BCUT2D eigenvalue weighted by Gasteiger charge is 2.34. The fraction of sp³-hybridized carbons (Fsp3) is 0.667. The molecule has 2 saturated heterocycles. The molecule has 2 aliphatic rings. The summed E-state index contributed by atoms with van der Waals surface area (Å²) < 4.78 is 0. The number of carboxylic acid groups (broad SMARTS) is 1. The van der Waals surface area contributed by atoms with E-state index in [1.165, 1.54) is 4.90 Å². The van der Waals surface area contributed by atoms with E-state index in [0.717, 1.165) is 0 Å². The Labute approximate surface area is 115 Å². The molecule has 20 heavy (non-hydrogen) atoms. The number of carbonyl (C=O) groups excluding carboxylic acids is 3. The van der Waals surface area contributed by atoms with Crippen LogP contribution in [0.1, 0.15) is 25.7 Å². The summed E-state index contributed by atoms with van der Waals surface area (Å²) in [6.07, 6.45) is 1.81. The highest BCUT2D eigenvalue weighted by Crippen LogP contribution is 2.17. The van der Waals surface area contributed by atoms with Crippen LogP contribution in [0.3, 0.4) is 0 Å². The minimum absolute atomic E-state index is 0.179. The fourth-order valence-electron chi connectivity index (χ4n) is 2.52. The summed E-state index contributed by atoms with van der Waals surface area (Å²) >= 11 is 0. The molecule has 2 aliphatic heterocycles. The fourth-order valence-corrected chi connectivity index (χ4v) is 2.52. The van der Waals surface area contributed by atoms with E-state index in [2.05, 4.69) is 10.6 Å². The molecular formula is C12H17N3O5. The van der Waals surface area contributed by atoms with E-state index < -0.39 is 29.9 Å². The smallest absolute Gasteiger partial charge is 0.326 e. The van der Waals surface area contributed by atoms with Crippen molar-refractivity contribution in [2.24, 2.45) is 0 Å². The zero-order valence-corrected chi connectivity index (χ0v) is 10.9. The van der Waals surface area contributed by atoms with Gasteiger partial charge >= 0.3 is 5.97 Å². The van der Waals surface area contributed by atoms with E-state index >= 15 is 0 Å². The molecule has 110 valence electrons. The van der Waals surface area contributed by atoms with Crippen LogP contribution >= 0.6 is 0 Å². The summed E-state index contributed by atoms with van der Waals surface area (Å²) in [7, 11) is 0. The van der Waals surface area contributed by atoms with Gasteiger partial charge in [0, 0.05) is 13.0 Å². The molecule has 0 radical (unpaired) electrons. The number of carbonyl (C=O) groups is 4. The summed E-state index contributed by atoms with van der Waals surface area (Å²) in [6.45, 7) is 0.154. The first-order chi connectivity index (χ1) is 9.49. The first-order valence-corrected chi connectivity index (χ1v) is 6.58. The highest BCUT2D eigenvalue weighted by molar-refractivity contribution is 5.93. The van der Waals surface area contributed by atoms with Gasteiger partial charge in [0.25, 0.3) is 0 Å². The second-order valence-electron chi connectivity index (χ2n) is 4.96. The van der Waals surface area contributed by atoms with Crippen LogP contribution in [0.2, 0.25) is 0 Å². The lowest BCUT2D eigenvalue weighted by Crippen LogP contribution is -2.48. The molecule has 2 rings (SSSR count). The van der Waals surface area contributed by atoms with Gasteiger partial charge in [-0.3, -0.25) is 14.4 Å². The average Bonchev–Trinajstić information content (AvgIpc) is 3.03. The van der Waals surface area contributed by atoms with E-state index in [4.69, 9.17) is 5.11 Å². The van der Waals surface area contributed by atoms with Crippen molar-refractivity contribution in [3.63, 3.8) is 0 Å². The van der Waals surface area contributed by atoms with Gasteiger partial charge < -0.3 is 20.6 Å². The van der Waals surface area contributed by atoms with E-state index in [9.17, 15) is 19.2 Å². The normalized spacial score (nSPS) is 25.4. The minimum atomic E-state index is -1.02. The Balaban J connectivity index is 1.81. The van der Waals surface area contributed by atoms with Gasteiger partial charge in [-0.15, -0.1) is 0 Å². The summed E-state index contributed by atoms with van der Waals surface area (Å²) in [5.74, 6) is -2.02. The molecule has 2 fully saturated rings. The lowest BCUT2D eigenvalue weighted by Gasteiger charge is -2.22. The predicted octanol–water partition coefficient (Wildman–Crippen LogP) is -1.54. The molecule has 8 nitrogen and oxygen atoms in total. The third-order valence-corrected chi connectivity index (χ3v) is 3.58. The second kappa shape index (κ2) is 5.89. The van der Waals surface area contributed by atoms with Crippen LogP contribution in [0.4, 0.5) is 0 Å². The molecule has 0 aromatic heterocycles. The topological polar surface area (TPSA) is 116 Å². The lowest BCUT2D eigenvalue weighted by molar-refractivity contribution is -0.148. The van der Waals surface area contributed by atoms with Gasteiger partial charge in [-0.05, 0) is 19.3 Å². The molecule has 2 heterocycles. The first-order valence-electron chi connectivity index (χ1n) is 6.58. The van der Waals surface area contributed by atoms with E-state index in [0.29, 0.717) is 32.2 Å². The van der Waals surface area contributed by atoms with Crippen LogP contribution in [0.5, 0.6) is 0 Å². The van der Waals surface area contributed by atoms with Crippen molar-refractivity contribution >= 4 is 23.7 Å². The molecule has 3 amide bonds. The number of rotatable bonds is 4. The number of amides is 3. The average molecular weight is 283 g/mol. The van der Waals surface area contributed by atoms with Gasteiger partial charge in [0.15, 0.2) is 0 Å². The maximum absolute atomic E-state index is 11.9. The molecule has 3 N–H and O–H groups in total. The zero-order valence-electron chi connectivity index (χ0n) is 10.9. The molecule has 0 saturated carbocycles. The van der Waals surface area contributed by atoms with Gasteiger partial charge in [0.1, 0.15) is 12.1 Å². The molecule has 0 bridgehead atoms. The van der Waals surface area contributed by atoms with E-state index in [1.807, 2.05) is 0 Å². The molecule has 0 aliphatic carbocycles. The van der Waals surface area contributed by atoms with Crippen LogP contribution in [-0.4, -0.2) is 58.9 Å². The molecule has 0 aromatic carbocycles. The van der Waals surface area contributed by atoms with Gasteiger partial charge in [-0.25, -0.2) is 4.79 Å². The van der Waals surface area contributed by atoms with Crippen LogP contribution < -0.4 is 10.6 Å². The molecule has 2 atom stereocenters. The minimum Gasteiger partial charge on any atom is -0.480 e. The summed E-state index contributed by atoms with van der Waals surface area (Å²) in [5, 5.41) is 13.9. The largest absolute Gasteiger partial charge is 0.480 e. The number of carboxylic acids is 1.